The van der Waals surface area contributed by atoms with E-state index in [4.69, 9.17) is 14.2 Å². The van der Waals surface area contributed by atoms with Gasteiger partial charge in [-0.05, 0) is 43.5 Å². The lowest BCUT2D eigenvalue weighted by atomic mass is 9.93. The fourth-order valence-electron chi connectivity index (χ4n) is 4.66. The molecule has 1 aromatic carbocycles. The summed E-state index contributed by atoms with van der Waals surface area (Å²) in [4.78, 5) is 23.8. The van der Waals surface area contributed by atoms with E-state index in [1.165, 1.54) is 5.56 Å². The second-order valence-corrected chi connectivity index (χ2v) is 8.46. The van der Waals surface area contributed by atoms with Gasteiger partial charge in [0, 0.05) is 43.0 Å². The molecule has 1 atom stereocenters. The van der Waals surface area contributed by atoms with Crippen LogP contribution in [0.2, 0.25) is 0 Å². The van der Waals surface area contributed by atoms with Gasteiger partial charge in [0.2, 0.25) is 5.88 Å². The van der Waals surface area contributed by atoms with E-state index in [2.05, 4.69) is 53.0 Å². The van der Waals surface area contributed by atoms with Crippen LogP contribution in [0.1, 0.15) is 19.4 Å². The van der Waals surface area contributed by atoms with Crippen LogP contribution in [0, 0.1) is 0 Å². The summed E-state index contributed by atoms with van der Waals surface area (Å²) < 4.78 is 18.6. The van der Waals surface area contributed by atoms with Crippen molar-refractivity contribution in [2.24, 2.45) is 0 Å². The normalized spacial score (nSPS) is 17.1. The number of fused-ring (bicyclic) bond motifs is 3. The van der Waals surface area contributed by atoms with Crippen LogP contribution in [-0.2, 0) is 22.4 Å². The van der Waals surface area contributed by atoms with E-state index in [9.17, 15) is 4.79 Å². The van der Waals surface area contributed by atoms with Crippen molar-refractivity contribution in [3.63, 3.8) is 0 Å². The minimum absolute atomic E-state index is 0.149. The number of hydrogen-bond acceptors (Lipinski definition) is 7. The molecule has 2 aliphatic heterocycles. The van der Waals surface area contributed by atoms with Gasteiger partial charge >= 0.3 is 5.69 Å². The molecular weight excluding hydrogens is 432 g/mol. The smallest absolute Gasteiger partial charge is 0.351 e. The first-order valence-corrected chi connectivity index (χ1v) is 12.0. The predicted octanol–water partition coefficient (Wildman–Crippen LogP) is 3.17. The number of rotatable bonds is 7. The number of anilines is 1. The molecule has 8 nitrogen and oxygen atoms in total. The summed E-state index contributed by atoms with van der Waals surface area (Å²) in [6, 6.07) is 12.4. The highest BCUT2D eigenvalue weighted by Crippen LogP contribution is 2.35. The van der Waals surface area contributed by atoms with Crippen LogP contribution in [0.4, 0.5) is 5.82 Å². The first kappa shape index (κ1) is 22.6. The van der Waals surface area contributed by atoms with Gasteiger partial charge in [0.05, 0.1) is 25.5 Å². The topological polar surface area (TPSA) is 78.7 Å². The molecule has 1 unspecified atom stereocenters. The van der Waals surface area contributed by atoms with E-state index in [0.29, 0.717) is 38.9 Å². The molecule has 0 radical (unpaired) electrons. The van der Waals surface area contributed by atoms with Crippen molar-refractivity contribution in [1.29, 1.82) is 0 Å². The van der Waals surface area contributed by atoms with E-state index < -0.39 is 0 Å². The fourth-order valence-corrected chi connectivity index (χ4v) is 4.66. The lowest BCUT2D eigenvalue weighted by molar-refractivity contribution is -0.102. The van der Waals surface area contributed by atoms with Gasteiger partial charge in [-0.25, -0.2) is 9.78 Å². The van der Waals surface area contributed by atoms with E-state index >= 15 is 0 Å². The average molecular weight is 463 g/mol. The highest BCUT2D eigenvalue weighted by atomic mass is 16.6. The van der Waals surface area contributed by atoms with E-state index in [1.54, 1.807) is 4.57 Å². The summed E-state index contributed by atoms with van der Waals surface area (Å²) in [6.07, 6.45) is 2.47. The van der Waals surface area contributed by atoms with Crippen molar-refractivity contribution < 1.29 is 14.2 Å². The van der Waals surface area contributed by atoms with E-state index in [-0.39, 0.29) is 11.8 Å². The molecule has 34 heavy (non-hydrogen) atoms. The highest BCUT2D eigenvalue weighted by molar-refractivity contribution is 5.79. The van der Waals surface area contributed by atoms with Crippen molar-refractivity contribution in [2.75, 3.05) is 44.4 Å². The molecule has 2 aromatic heterocycles. The Morgan fingerprint density at radius 3 is 2.82 bits per heavy atom. The number of hydrogen-bond donors (Lipinski definition) is 0. The van der Waals surface area contributed by atoms with Crippen molar-refractivity contribution in [3.8, 4) is 28.3 Å². The zero-order valence-electron chi connectivity index (χ0n) is 19.7. The Balaban J connectivity index is 1.46. The van der Waals surface area contributed by atoms with Gasteiger partial charge in [0.1, 0.15) is 18.5 Å². The molecule has 3 aromatic rings. The summed E-state index contributed by atoms with van der Waals surface area (Å²) in [5, 5.41) is 0. The molecule has 1 saturated heterocycles. The van der Waals surface area contributed by atoms with Crippen molar-refractivity contribution in [1.82, 2.24) is 14.5 Å². The van der Waals surface area contributed by atoms with E-state index in [0.717, 1.165) is 47.7 Å². The lowest BCUT2D eigenvalue weighted by Gasteiger charge is -2.25. The van der Waals surface area contributed by atoms with Crippen molar-refractivity contribution in [2.45, 2.75) is 32.9 Å². The molecule has 2 aliphatic rings. The third-order valence-corrected chi connectivity index (χ3v) is 6.44. The van der Waals surface area contributed by atoms with Crippen LogP contribution in [0.3, 0.4) is 0 Å². The Hall–Kier alpha value is -3.23. The molecule has 0 spiro atoms. The van der Waals surface area contributed by atoms with Gasteiger partial charge in [0.25, 0.3) is 0 Å². The molecule has 178 valence electrons. The number of pyridine rings is 1. The van der Waals surface area contributed by atoms with Gasteiger partial charge in [-0.15, -0.1) is 0 Å². The molecule has 0 bridgehead atoms. The Bertz CT molecular complexity index is 1220. The monoisotopic (exact) mass is 462 g/mol. The summed E-state index contributed by atoms with van der Waals surface area (Å²) in [5.41, 5.74) is 5.02. The van der Waals surface area contributed by atoms with Gasteiger partial charge in [-0.3, -0.25) is 4.57 Å². The number of nitrogens with zero attached hydrogens (tertiary/aromatic N) is 4. The summed E-state index contributed by atoms with van der Waals surface area (Å²) in [5.74, 6) is 1.31. The maximum absolute atomic E-state index is 12.7. The number of aromatic nitrogens is 3. The zero-order valence-corrected chi connectivity index (χ0v) is 19.7. The maximum atomic E-state index is 12.7. The van der Waals surface area contributed by atoms with Crippen LogP contribution in [0.15, 0.2) is 47.4 Å². The highest BCUT2D eigenvalue weighted by Gasteiger charge is 2.22. The van der Waals surface area contributed by atoms with Gasteiger partial charge in [0.15, 0.2) is 0 Å². The molecule has 8 heteroatoms. The van der Waals surface area contributed by atoms with Crippen LogP contribution in [0.5, 0.6) is 5.88 Å². The van der Waals surface area contributed by atoms with Crippen LogP contribution >= 0.6 is 0 Å². The minimum atomic E-state index is -0.292. The SMILES string of the molecule is CCN(CC)c1ncccc1-c1ccc2c(c1)CCn1c-2cc(OCC2COCCO2)nc1=O. The van der Waals surface area contributed by atoms with Gasteiger partial charge in [-0.1, -0.05) is 18.2 Å². The zero-order chi connectivity index (χ0) is 23.5. The molecule has 4 heterocycles. The third-order valence-electron chi connectivity index (χ3n) is 6.44. The second kappa shape index (κ2) is 9.95. The minimum Gasteiger partial charge on any atom is -0.475 e. The van der Waals surface area contributed by atoms with Crippen LogP contribution < -0.4 is 15.3 Å². The average Bonchev–Trinajstić information content (AvgIpc) is 2.88. The van der Waals surface area contributed by atoms with Crippen molar-refractivity contribution >= 4 is 5.82 Å². The predicted molar refractivity (Wildman–Crippen MR) is 130 cm³/mol. The quantitative estimate of drug-likeness (QED) is 0.534. The summed E-state index contributed by atoms with van der Waals surface area (Å²) >= 11 is 0. The standard InChI is InChI=1S/C26H30N4O4/c1-3-29(4-2)25-22(6-5-10-27-25)18-7-8-21-19(14-18)9-11-30-23(21)15-24(28-26(30)31)34-17-20-16-32-12-13-33-20/h5-8,10,14-15,20H,3-4,9,11-13,16-17H2,1-2H3. The van der Waals surface area contributed by atoms with Crippen molar-refractivity contribution in [3.05, 3.63) is 58.6 Å². The molecule has 0 amide bonds. The molecule has 0 N–H and O–H groups in total. The Labute approximate surface area is 199 Å². The number of aryl methyl sites for hydroxylation is 1. The number of benzene rings is 1. The Morgan fingerprint density at radius 2 is 2.03 bits per heavy atom. The maximum Gasteiger partial charge on any atom is 0.351 e. The first-order valence-electron chi connectivity index (χ1n) is 12.0. The molecule has 0 aliphatic carbocycles. The largest absolute Gasteiger partial charge is 0.475 e. The van der Waals surface area contributed by atoms with Gasteiger partial charge < -0.3 is 19.1 Å². The second-order valence-electron chi connectivity index (χ2n) is 8.46. The molecule has 5 rings (SSSR count). The molecular formula is C26H30N4O4. The lowest BCUT2D eigenvalue weighted by Crippen LogP contribution is -2.34. The molecule has 1 fully saturated rings. The van der Waals surface area contributed by atoms with E-state index in [1.807, 2.05) is 18.3 Å². The summed E-state index contributed by atoms with van der Waals surface area (Å²) in [7, 11) is 0. The Morgan fingerprint density at radius 1 is 1.15 bits per heavy atom. The van der Waals surface area contributed by atoms with Crippen LogP contribution in [0.25, 0.3) is 22.4 Å². The summed E-state index contributed by atoms with van der Waals surface area (Å²) in [6.45, 7) is 8.62. The number of ether oxygens (including phenoxy) is 3. The third kappa shape index (κ3) is 4.43. The molecule has 0 saturated carbocycles. The first-order chi connectivity index (χ1) is 16.7. The van der Waals surface area contributed by atoms with Crippen LogP contribution in [-0.4, -0.2) is 60.2 Å². The Kier molecular flexibility index (Phi) is 6.60. The van der Waals surface area contributed by atoms with Gasteiger partial charge in [-0.2, -0.15) is 4.98 Å². The fraction of sp³-hybridized carbons (Fsp3) is 0.423.